The predicted octanol–water partition coefficient (Wildman–Crippen LogP) is 8.06. The third-order valence-corrected chi connectivity index (χ3v) is 6.91. The van der Waals surface area contributed by atoms with Crippen LogP contribution in [0.2, 0.25) is 0 Å². The lowest BCUT2D eigenvalue weighted by atomic mass is 9.77. The number of carbonyl (C=O) groups is 2. The van der Waals surface area contributed by atoms with Crippen molar-refractivity contribution in [2.75, 3.05) is 7.11 Å². The zero-order valence-electron chi connectivity index (χ0n) is 23.8. The van der Waals surface area contributed by atoms with E-state index in [-0.39, 0.29) is 11.6 Å². The van der Waals surface area contributed by atoms with E-state index in [0.717, 1.165) is 25.3 Å². The third-order valence-electron chi connectivity index (χ3n) is 6.91. The van der Waals surface area contributed by atoms with Gasteiger partial charge in [-0.2, -0.15) is 30.7 Å². The topological polar surface area (TPSA) is 64.6 Å². The van der Waals surface area contributed by atoms with Crippen LogP contribution in [-0.2, 0) is 22.9 Å². The molecule has 15 heteroatoms. The van der Waals surface area contributed by atoms with Crippen molar-refractivity contribution in [3.05, 3.63) is 136 Å². The maximum absolute atomic E-state index is 15.1. The fourth-order valence-corrected chi connectivity index (χ4v) is 4.74. The monoisotopic (exact) mass is 673 g/mol. The Morgan fingerprint density at radius 3 is 2.06 bits per heavy atom. The van der Waals surface area contributed by atoms with E-state index in [1.807, 2.05) is 0 Å². The fourth-order valence-electron chi connectivity index (χ4n) is 4.74. The summed E-state index contributed by atoms with van der Waals surface area (Å²) in [5, 5.41) is 2.41. The lowest BCUT2D eigenvalue weighted by Crippen LogP contribution is -2.49. The van der Waals surface area contributed by atoms with Gasteiger partial charge in [0.25, 0.3) is 5.91 Å². The molecule has 1 atom stereocenters. The van der Waals surface area contributed by atoms with Gasteiger partial charge in [0.05, 0.1) is 23.8 Å². The van der Waals surface area contributed by atoms with Crippen LogP contribution in [0, 0.1) is 17.5 Å². The van der Waals surface area contributed by atoms with Gasteiger partial charge in [0.15, 0.2) is 0 Å². The molecule has 1 unspecified atom stereocenters. The number of hydrogen-bond acceptors (Lipinski definition) is 4. The Morgan fingerprint density at radius 2 is 1.45 bits per heavy atom. The highest BCUT2D eigenvalue weighted by molar-refractivity contribution is 5.95. The molecule has 5 nitrogen and oxygen atoms in total. The zero-order chi connectivity index (χ0) is 34.7. The molecule has 0 spiro atoms. The molecule has 0 aliphatic heterocycles. The van der Waals surface area contributed by atoms with Crippen LogP contribution >= 0.6 is 0 Å². The molecule has 248 valence electrons. The van der Waals surface area contributed by atoms with Crippen molar-refractivity contribution in [1.29, 1.82) is 0 Å². The first kappa shape index (κ1) is 34.8. The van der Waals surface area contributed by atoms with Crippen molar-refractivity contribution in [2.45, 2.75) is 30.7 Å². The molecule has 0 saturated heterocycles. The zero-order valence-corrected chi connectivity index (χ0v) is 23.8. The number of carbonyl (C=O) groups excluding carboxylic acids is 2. The number of rotatable bonds is 10. The Kier molecular flexibility index (Phi) is 9.87. The molecule has 0 aliphatic carbocycles. The summed E-state index contributed by atoms with van der Waals surface area (Å²) in [7, 11) is 0.916. The molecule has 0 aliphatic rings. The molecule has 47 heavy (non-hydrogen) atoms. The lowest BCUT2D eigenvalue weighted by molar-refractivity contribution is -0.253. The summed E-state index contributed by atoms with van der Waals surface area (Å²) in [5.74, 6) is -7.94. The van der Waals surface area contributed by atoms with E-state index in [0.29, 0.717) is 35.9 Å². The van der Waals surface area contributed by atoms with Crippen LogP contribution in [-0.4, -0.2) is 31.5 Å². The minimum absolute atomic E-state index is 0.186. The number of esters is 1. The summed E-state index contributed by atoms with van der Waals surface area (Å²) in [4.78, 5) is 26.1. The van der Waals surface area contributed by atoms with Gasteiger partial charge in [-0.3, -0.25) is 4.79 Å². The van der Waals surface area contributed by atoms with Gasteiger partial charge < -0.3 is 14.8 Å². The molecule has 0 aromatic heterocycles. The maximum atomic E-state index is 15.1. The second kappa shape index (κ2) is 13.3. The summed E-state index contributed by atoms with van der Waals surface area (Å²) in [6.07, 6.45) is -15.2. The van der Waals surface area contributed by atoms with Crippen molar-refractivity contribution in [2.24, 2.45) is 0 Å². The molecular formula is C32H21F10NO4. The van der Waals surface area contributed by atoms with Gasteiger partial charge in [-0.05, 0) is 59.2 Å². The van der Waals surface area contributed by atoms with Gasteiger partial charge >= 0.3 is 24.7 Å². The highest BCUT2D eigenvalue weighted by Crippen LogP contribution is 2.39. The fraction of sp³-hybridized carbons (Fsp3) is 0.188. The average Bonchev–Trinajstić information content (AvgIpc) is 3.00. The number of methoxy groups -OCH3 is 1. The predicted molar refractivity (Wildman–Crippen MR) is 146 cm³/mol. The van der Waals surface area contributed by atoms with Gasteiger partial charge in [0.2, 0.25) is 0 Å². The first-order chi connectivity index (χ1) is 22.0. The summed E-state index contributed by atoms with van der Waals surface area (Å²) < 4.78 is 147. The van der Waals surface area contributed by atoms with Crippen LogP contribution in [0.3, 0.4) is 0 Å². The van der Waals surface area contributed by atoms with Crippen LogP contribution in [0.1, 0.15) is 43.0 Å². The highest BCUT2D eigenvalue weighted by Gasteiger charge is 2.45. The van der Waals surface area contributed by atoms with Crippen LogP contribution in [0.15, 0.2) is 84.9 Å². The second-order valence-electron chi connectivity index (χ2n) is 10.0. The number of ether oxygens (including phenoxy) is 2. The number of nitrogens with one attached hydrogen (secondary N) is 1. The smallest absolute Gasteiger partial charge is 0.461 e. The largest absolute Gasteiger partial charge is 0.465 e. The van der Waals surface area contributed by atoms with E-state index in [1.54, 1.807) is 6.07 Å². The van der Waals surface area contributed by atoms with E-state index in [2.05, 4.69) is 14.8 Å². The highest BCUT2D eigenvalue weighted by atomic mass is 19.4. The number of halogens is 10. The van der Waals surface area contributed by atoms with E-state index >= 15 is 4.39 Å². The Labute approximate surface area is 259 Å². The summed E-state index contributed by atoms with van der Waals surface area (Å²) in [5.41, 5.74) is -6.11. The first-order valence-electron chi connectivity index (χ1n) is 13.2. The van der Waals surface area contributed by atoms with E-state index in [9.17, 15) is 49.1 Å². The molecule has 0 bridgehead atoms. The minimum Gasteiger partial charge on any atom is -0.465 e. The normalized spacial score (nSPS) is 13.2. The van der Waals surface area contributed by atoms with Crippen molar-refractivity contribution >= 4 is 11.9 Å². The van der Waals surface area contributed by atoms with E-state index in [1.165, 1.54) is 24.3 Å². The number of benzene rings is 4. The first-order valence-corrected chi connectivity index (χ1v) is 13.2. The second-order valence-corrected chi connectivity index (χ2v) is 10.0. The molecule has 0 saturated carbocycles. The quantitative estimate of drug-likeness (QED) is 0.137. The molecule has 4 aromatic carbocycles. The van der Waals surface area contributed by atoms with Gasteiger partial charge in [-0.15, -0.1) is 0 Å². The van der Waals surface area contributed by atoms with Gasteiger partial charge in [-0.1, -0.05) is 36.4 Å². The summed E-state index contributed by atoms with van der Waals surface area (Å²) in [6, 6.07) is 13.1. The van der Waals surface area contributed by atoms with Crippen molar-refractivity contribution < 1.29 is 63.0 Å². The van der Waals surface area contributed by atoms with Crippen LogP contribution in [0.4, 0.5) is 43.9 Å². The van der Waals surface area contributed by atoms with Gasteiger partial charge in [-0.25, -0.2) is 18.0 Å². The average molecular weight is 674 g/mol. The Balaban J connectivity index is 2.04. The molecule has 4 aromatic rings. The third kappa shape index (κ3) is 7.67. The maximum Gasteiger partial charge on any atom is 0.461 e. The summed E-state index contributed by atoms with van der Waals surface area (Å²) >= 11 is 0. The number of hydrogen-bond donors (Lipinski definition) is 1. The number of amides is 1. The molecule has 1 amide bonds. The van der Waals surface area contributed by atoms with Crippen molar-refractivity contribution in [3.8, 4) is 5.75 Å². The van der Waals surface area contributed by atoms with E-state index < -0.39 is 88.0 Å². The molecule has 1 N–H and O–H groups in total. The van der Waals surface area contributed by atoms with Crippen LogP contribution in [0.5, 0.6) is 5.75 Å². The Bertz CT molecular complexity index is 1780. The lowest BCUT2D eigenvalue weighted by Gasteiger charge is -2.37. The van der Waals surface area contributed by atoms with Crippen LogP contribution in [0.25, 0.3) is 0 Å². The molecule has 0 fully saturated rings. The molecule has 0 radical (unpaired) electrons. The summed E-state index contributed by atoms with van der Waals surface area (Å²) in [6.45, 7) is 0. The molecular weight excluding hydrogens is 652 g/mol. The molecule has 4 rings (SSSR count). The SMILES string of the molecule is COC(=O)c1cc(C(Cc2ccccc2)(NC(=O)c2ccc(F)c(C(F)(F)F)c2)c2cc(F)cc(OC(F)(F)C(F)F)c2)ccc1F. The van der Waals surface area contributed by atoms with Gasteiger partial charge in [0.1, 0.15) is 23.2 Å². The minimum atomic E-state index is -5.24. The van der Waals surface area contributed by atoms with Crippen molar-refractivity contribution in [1.82, 2.24) is 5.32 Å². The van der Waals surface area contributed by atoms with Crippen molar-refractivity contribution in [3.63, 3.8) is 0 Å². The number of alkyl halides is 7. The molecule has 0 heterocycles. The van der Waals surface area contributed by atoms with Gasteiger partial charge in [0, 0.05) is 18.1 Å². The Hall–Kier alpha value is -5.08. The Morgan fingerprint density at radius 1 is 0.787 bits per heavy atom. The van der Waals surface area contributed by atoms with E-state index in [4.69, 9.17) is 0 Å². The van der Waals surface area contributed by atoms with Crippen LogP contribution < -0.4 is 10.1 Å². The standard InChI is InChI=1S/C32H21F10NO4/c1-46-28(45)23-14-19(8-10-25(23)34)30(16-17-5-3-2-4-6-17,20-12-21(33)15-22(13-20)47-32(41,42)29(36)37)43-27(44)18-7-9-26(35)24(11-18)31(38,39)40/h2-15,29H,16H2,1H3,(H,43,44).